The third-order valence-electron chi connectivity index (χ3n) is 2.13. The summed E-state index contributed by atoms with van der Waals surface area (Å²) < 4.78 is 11.8. The second-order valence-electron chi connectivity index (χ2n) is 3.46. The van der Waals surface area contributed by atoms with Gasteiger partial charge in [-0.3, -0.25) is 0 Å². The van der Waals surface area contributed by atoms with Gasteiger partial charge in [0.25, 0.3) is 0 Å². The molecule has 0 heterocycles. The molecule has 17 heavy (non-hydrogen) atoms. The quantitative estimate of drug-likeness (QED) is 0.810. The maximum atomic E-state index is 9.54. The number of aliphatic hydroxyl groups excluding tert-OH is 1. The topological polar surface area (TPSA) is 50.7 Å². The van der Waals surface area contributed by atoms with Crippen molar-refractivity contribution >= 4 is 37.5 Å². The first-order valence-corrected chi connectivity index (χ1v) is 6.61. The van der Waals surface area contributed by atoms with Gasteiger partial charge >= 0.3 is 0 Å². The van der Waals surface area contributed by atoms with Crippen molar-refractivity contribution in [1.29, 1.82) is 0 Å². The van der Waals surface area contributed by atoms with Crippen LogP contribution in [0.25, 0.3) is 0 Å². The maximum absolute atomic E-state index is 9.54. The van der Waals surface area contributed by atoms with Crippen molar-refractivity contribution in [2.75, 3.05) is 32.7 Å². The molecule has 1 atom stereocenters. The lowest BCUT2D eigenvalue weighted by Crippen LogP contribution is -2.24. The molecular formula is C11H15Br2NO3. The first kappa shape index (κ1) is 14.8. The zero-order valence-corrected chi connectivity index (χ0v) is 12.8. The molecule has 6 heteroatoms. The predicted octanol–water partition coefficient (Wildman–Crippen LogP) is 2.64. The highest BCUT2D eigenvalue weighted by Gasteiger charge is 2.09. The maximum Gasteiger partial charge on any atom is 0.135 e. The van der Waals surface area contributed by atoms with Crippen LogP contribution in [0.3, 0.4) is 0 Å². The molecule has 1 aromatic rings. The number of benzene rings is 1. The molecule has 1 rings (SSSR count). The van der Waals surface area contributed by atoms with Gasteiger partial charge in [-0.1, -0.05) is 0 Å². The van der Waals surface area contributed by atoms with Crippen LogP contribution >= 0.6 is 31.9 Å². The molecule has 4 nitrogen and oxygen atoms in total. The fourth-order valence-corrected chi connectivity index (χ4v) is 2.60. The predicted molar refractivity (Wildman–Crippen MR) is 74.8 cm³/mol. The number of rotatable bonds is 6. The normalized spacial score (nSPS) is 12.3. The molecule has 0 radical (unpaired) electrons. The molecule has 0 aliphatic heterocycles. The Morgan fingerprint density at radius 3 is 2.59 bits per heavy atom. The summed E-state index contributed by atoms with van der Waals surface area (Å²) in [7, 11) is 3.17. The zero-order valence-electron chi connectivity index (χ0n) is 9.67. The Labute approximate surface area is 118 Å². The number of anilines is 1. The Kier molecular flexibility index (Phi) is 6.26. The number of ether oxygens (including phenoxy) is 2. The van der Waals surface area contributed by atoms with E-state index in [-0.39, 0.29) is 0 Å². The van der Waals surface area contributed by atoms with Crippen molar-refractivity contribution in [3.8, 4) is 5.75 Å². The van der Waals surface area contributed by atoms with Gasteiger partial charge in [-0.25, -0.2) is 0 Å². The van der Waals surface area contributed by atoms with Gasteiger partial charge in [0.15, 0.2) is 0 Å². The van der Waals surface area contributed by atoms with E-state index < -0.39 is 6.10 Å². The minimum Gasteiger partial charge on any atom is -0.495 e. The van der Waals surface area contributed by atoms with Crippen molar-refractivity contribution in [2.45, 2.75) is 6.10 Å². The smallest absolute Gasteiger partial charge is 0.135 e. The van der Waals surface area contributed by atoms with E-state index in [1.807, 2.05) is 12.1 Å². The van der Waals surface area contributed by atoms with Crippen LogP contribution in [0.2, 0.25) is 0 Å². The van der Waals surface area contributed by atoms with E-state index >= 15 is 0 Å². The molecule has 2 N–H and O–H groups in total. The van der Waals surface area contributed by atoms with Gasteiger partial charge < -0.3 is 19.9 Å². The molecule has 96 valence electrons. The molecule has 1 unspecified atom stereocenters. The van der Waals surface area contributed by atoms with Gasteiger partial charge in [0.1, 0.15) is 5.75 Å². The van der Waals surface area contributed by atoms with Gasteiger partial charge in [-0.15, -0.1) is 0 Å². The van der Waals surface area contributed by atoms with Crippen LogP contribution in [0.4, 0.5) is 5.69 Å². The summed E-state index contributed by atoms with van der Waals surface area (Å²) in [5.74, 6) is 0.733. The van der Waals surface area contributed by atoms with Crippen LogP contribution in [0, 0.1) is 0 Å². The minimum atomic E-state index is -0.540. The SMILES string of the molecule is COCC(O)CNc1cc(OC)c(Br)cc1Br. The van der Waals surface area contributed by atoms with Gasteiger partial charge in [-0.05, 0) is 37.9 Å². The van der Waals surface area contributed by atoms with Crippen LogP contribution in [-0.2, 0) is 4.74 Å². The standard InChI is InChI=1S/C11H15Br2NO3/c1-16-6-7(15)5-14-10-4-11(17-2)9(13)3-8(10)12/h3-4,7,14-15H,5-6H2,1-2H3. The van der Waals surface area contributed by atoms with Crippen LogP contribution in [0.15, 0.2) is 21.1 Å². The van der Waals surface area contributed by atoms with Gasteiger partial charge in [0, 0.05) is 24.2 Å². The van der Waals surface area contributed by atoms with Crippen molar-refractivity contribution < 1.29 is 14.6 Å². The number of aliphatic hydroxyl groups is 1. The first-order chi connectivity index (χ1) is 8.08. The van der Waals surface area contributed by atoms with Crippen LogP contribution in [0.1, 0.15) is 0 Å². The highest BCUT2D eigenvalue weighted by molar-refractivity contribution is 9.11. The molecule has 0 aromatic heterocycles. The number of halogens is 2. The summed E-state index contributed by atoms with van der Waals surface area (Å²) in [4.78, 5) is 0. The zero-order chi connectivity index (χ0) is 12.8. The highest BCUT2D eigenvalue weighted by Crippen LogP contribution is 2.34. The van der Waals surface area contributed by atoms with E-state index in [9.17, 15) is 5.11 Å². The third-order valence-corrected chi connectivity index (χ3v) is 3.40. The summed E-state index contributed by atoms with van der Waals surface area (Å²) in [6.07, 6.45) is -0.540. The first-order valence-electron chi connectivity index (χ1n) is 5.02. The van der Waals surface area contributed by atoms with Crippen LogP contribution in [0.5, 0.6) is 5.75 Å². The molecule has 0 saturated carbocycles. The Balaban J connectivity index is 2.70. The molecule has 0 aliphatic carbocycles. The molecule has 0 fully saturated rings. The lowest BCUT2D eigenvalue weighted by atomic mass is 10.3. The minimum absolute atomic E-state index is 0.304. The average Bonchev–Trinajstić information content (AvgIpc) is 2.28. The van der Waals surface area contributed by atoms with Crippen LogP contribution < -0.4 is 10.1 Å². The van der Waals surface area contributed by atoms with E-state index in [1.54, 1.807) is 14.2 Å². The number of hydrogen-bond acceptors (Lipinski definition) is 4. The lowest BCUT2D eigenvalue weighted by Gasteiger charge is -2.14. The fourth-order valence-electron chi connectivity index (χ4n) is 1.30. The lowest BCUT2D eigenvalue weighted by molar-refractivity contribution is 0.0727. The second kappa shape index (κ2) is 7.20. The van der Waals surface area contributed by atoms with Crippen molar-refractivity contribution in [2.24, 2.45) is 0 Å². The van der Waals surface area contributed by atoms with Gasteiger partial charge in [0.05, 0.1) is 30.0 Å². The van der Waals surface area contributed by atoms with E-state index in [1.165, 1.54) is 0 Å². The van der Waals surface area contributed by atoms with Crippen molar-refractivity contribution in [1.82, 2.24) is 0 Å². The molecule has 0 spiro atoms. The summed E-state index contributed by atoms with van der Waals surface area (Å²) in [6, 6.07) is 3.75. The number of hydrogen-bond donors (Lipinski definition) is 2. The molecule has 0 amide bonds. The third kappa shape index (κ3) is 4.46. The fraction of sp³-hybridized carbons (Fsp3) is 0.455. The van der Waals surface area contributed by atoms with Gasteiger partial charge in [-0.2, -0.15) is 0 Å². The Bertz CT molecular complexity index is 374. The number of methoxy groups -OCH3 is 2. The Morgan fingerprint density at radius 1 is 1.29 bits per heavy atom. The largest absolute Gasteiger partial charge is 0.495 e. The summed E-state index contributed by atoms with van der Waals surface area (Å²) in [6.45, 7) is 0.718. The van der Waals surface area contributed by atoms with Crippen LogP contribution in [-0.4, -0.2) is 38.6 Å². The average molecular weight is 369 g/mol. The summed E-state index contributed by atoms with van der Waals surface area (Å²) >= 11 is 6.83. The summed E-state index contributed by atoms with van der Waals surface area (Å²) in [5.41, 5.74) is 0.861. The number of nitrogens with one attached hydrogen (secondary N) is 1. The highest BCUT2D eigenvalue weighted by atomic mass is 79.9. The van der Waals surface area contributed by atoms with Crippen molar-refractivity contribution in [3.63, 3.8) is 0 Å². The molecule has 0 bridgehead atoms. The Morgan fingerprint density at radius 2 is 2.00 bits per heavy atom. The Hall–Kier alpha value is -0.300. The van der Waals surface area contributed by atoms with E-state index in [2.05, 4.69) is 37.2 Å². The van der Waals surface area contributed by atoms with Crippen molar-refractivity contribution in [3.05, 3.63) is 21.1 Å². The molecule has 0 aliphatic rings. The monoisotopic (exact) mass is 367 g/mol. The van der Waals surface area contributed by atoms with E-state index in [0.717, 1.165) is 20.4 Å². The molecule has 0 saturated heterocycles. The molecule has 1 aromatic carbocycles. The van der Waals surface area contributed by atoms with Gasteiger partial charge in [0.2, 0.25) is 0 Å². The van der Waals surface area contributed by atoms with E-state index in [0.29, 0.717) is 13.2 Å². The van der Waals surface area contributed by atoms with E-state index in [4.69, 9.17) is 9.47 Å². The summed E-state index contributed by atoms with van der Waals surface area (Å²) in [5, 5.41) is 12.7. The molecular weight excluding hydrogens is 354 g/mol. The second-order valence-corrected chi connectivity index (χ2v) is 5.17.